The van der Waals surface area contributed by atoms with E-state index in [1.807, 2.05) is 17.5 Å². The van der Waals surface area contributed by atoms with E-state index in [1.165, 1.54) is 11.3 Å². The van der Waals surface area contributed by atoms with Crippen LogP contribution < -0.4 is 5.32 Å². The number of sulfone groups is 1. The largest absolute Gasteiger partial charge is 0.348 e. The van der Waals surface area contributed by atoms with Crippen LogP contribution in [0.15, 0.2) is 22.0 Å². The molecule has 10 heteroatoms. The van der Waals surface area contributed by atoms with Crippen LogP contribution in [0.5, 0.6) is 0 Å². The Morgan fingerprint density at radius 3 is 3.04 bits per heavy atom. The molecule has 8 nitrogen and oxygen atoms in total. The number of carbonyl (C=O) groups is 1. The van der Waals surface area contributed by atoms with Gasteiger partial charge in [-0.25, -0.2) is 8.42 Å². The second-order valence-electron chi connectivity index (χ2n) is 5.74. The van der Waals surface area contributed by atoms with Gasteiger partial charge in [-0.05, 0) is 24.9 Å². The predicted molar refractivity (Wildman–Crippen MR) is 89.1 cm³/mol. The van der Waals surface area contributed by atoms with Gasteiger partial charge >= 0.3 is 0 Å². The highest BCUT2D eigenvalue weighted by Crippen LogP contribution is 2.22. The lowest BCUT2D eigenvalue weighted by molar-refractivity contribution is -0.122. The normalized spacial score (nSPS) is 19.7. The van der Waals surface area contributed by atoms with Crippen LogP contribution in [0.4, 0.5) is 0 Å². The van der Waals surface area contributed by atoms with Gasteiger partial charge in [0.1, 0.15) is 0 Å². The molecule has 1 unspecified atom stereocenters. The average molecular weight is 370 g/mol. The molecule has 1 aliphatic rings. The molecule has 3 heterocycles. The molecule has 1 aliphatic heterocycles. The van der Waals surface area contributed by atoms with Gasteiger partial charge in [0, 0.05) is 6.04 Å². The molecule has 130 valence electrons. The molecule has 0 spiro atoms. The summed E-state index contributed by atoms with van der Waals surface area (Å²) in [4.78, 5) is 18.9. The lowest BCUT2D eigenvalue weighted by atomic mass is 10.2. The van der Waals surface area contributed by atoms with Gasteiger partial charge in [-0.1, -0.05) is 11.2 Å². The van der Waals surface area contributed by atoms with Crippen LogP contribution in [0.2, 0.25) is 0 Å². The summed E-state index contributed by atoms with van der Waals surface area (Å²) in [5.74, 6) is 0.939. The number of carbonyl (C=O) groups excluding carboxylic acids is 1. The van der Waals surface area contributed by atoms with Crippen molar-refractivity contribution < 1.29 is 17.7 Å². The number of nitrogens with zero attached hydrogens (tertiary/aromatic N) is 3. The third-order valence-electron chi connectivity index (χ3n) is 3.87. The van der Waals surface area contributed by atoms with Crippen molar-refractivity contribution in [3.63, 3.8) is 0 Å². The van der Waals surface area contributed by atoms with Crippen LogP contribution in [0.3, 0.4) is 0 Å². The molecule has 1 atom stereocenters. The quantitative estimate of drug-likeness (QED) is 0.791. The zero-order chi connectivity index (χ0) is 17.2. The minimum atomic E-state index is -2.96. The van der Waals surface area contributed by atoms with Gasteiger partial charge in [-0.15, -0.1) is 11.3 Å². The molecule has 3 rings (SSSR count). The Morgan fingerprint density at radius 2 is 2.38 bits per heavy atom. The topological polar surface area (TPSA) is 105 Å². The van der Waals surface area contributed by atoms with Crippen LogP contribution in [-0.4, -0.2) is 60.5 Å². The summed E-state index contributed by atoms with van der Waals surface area (Å²) >= 11 is 1.50. The molecule has 24 heavy (non-hydrogen) atoms. The Hall–Kier alpha value is -1.78. The fourth-order valence-corrected chi connectivity index (χ4v) is 4.99. The monoisotopic (exact) mass is 370 g/mol. The number of likely N-dealkylation sites (N-methyl/N-ethyl adjacent to an activating group) is 1. The van der Waals surface area contributed by atoms with Crippen molar-refractivity contribution in [3.05, 3.63) is 23.3 Å². The van der Waals surface area contributed by atoms with Gasteiger partial charge in [0.05, 0.1) is 29.5 Å². The van der Waals surface area contributed by atoms with E-state index in [-0.39, 0.29) is 36.5 Å². The van der Waals surface area contributed by atoms with E-state index < -0.39 is 9.84 Å². The first-order chi connectivity index (χ1) is 11.4. The highest BCUT2D eigenvalue weighted by molar-refractivity contribution is 7.91. The van der Waals surface area contributed by atoms with Crippen molar-refractivity contribution in [1.82, 2.24) is 20.4 Å². The third-order valence-corrected chi connectivity index (χ3v) is 6.48. The number of nitrogens with one attached hydrogen (secondary N) is 1. The lowest BCUT2D eigenvalue weighted by Gasteiger charge is -2.22. The summed E-state index contributed by atoms with van der Waals surface area (Å²) in [6.07, 6.45) is 0.571. The molecule has 0 aliphatic carbocycles. The Morgan fingerprint density at radius 1 is 1.54 bits per heavy atom. The number of amides is 1. The van der Waals surface area contributed by atoms with Gasteiger partial charge in [-0.3, -0.25) is 9.69 Å². The minimum Gasteiger partial charge on any atom is -0.348 e. The van der Waals surface area contributed by atoms with E-state index in [2.05, 4.69) is 15.5 Å². The lowest BCUT2D eigenvalue weighted by Crippen LogP contribution is -2.41. The average Bonchev–Trinajstić information content (AvgIpc) is 3.24. The molecule has 1 N–H and O–H groups in total. The zero-order valence-electron chi connectivity index (χ0n) is 13.1. The van der Waals surface area contributed by atoms with Gasteiger partial charge in [0.25, 0.3) is 5.89 Å². The van der Waals surface area contributed by atoms with Crippen molar-refractivity contribution in [2.24, 2.45) is 0 Å². The van der Waals surface area contributed by atoms with Crippen molar-refractivity contribution in [3.8, 4) is 10.8 Å². The third kappa shape index (κ3) is 4.19. The summed E-state index contributed by atoms with van der Waals surface area (Å²) in [6.45, 7) is 0.306. The second-order valence-corrected chi connectivity index (χ2v) is 8.92. The van der Waals surface area contributed by atoms with E-state index in [0.29, 0.717) is 18.1 Å². The Bertz CT molecular complexity index is 801. The van der Waals surface area contributed by atoms with Gasteiger partial charge in [0.2, 0.25) is 5.91 Å². The van der Waals surface area contributed by atoms with E-state index in [0.717, 1.165) is 4.88 Å². The highest BCUT2D eigenvalue weighted by atomic mass is 32.2. The van der Waals surface area contributed by atoms with Crippen LogP contribution in [0, 0.1) is 0 Å². The van der Waals surface area contributed by atoms with E-state index >= 15 is 0 Å². The molecule has 2 aromatic heterocycles. The first-order valence-corrected chi connectivity index (χ1v) is 10.2. The van der Waals surface area contributed by atoms with Crippen LogP contribution in [-0.2, 0) is 21.2 Å². The first kappa shape index (κ1) is 17.1. The van der Waals surface area contributed by atoms with E-state index in [4.69, 9.17) is 4.52 Å². The number of hydrogen-bond donors (Lipinski definition) is 1. The van der Waals surface area contributed by atoms with Gasteiger partial charge < -0.3 is 9.84 Å². The summed E-state index contributed by atoms with van der Waals surface area (Å²) in [6, 6.07) is 3.67. The molecular formula is C14H18N4O4S2. The van der Waals surface area contributed by atoms with Crippen molar-refractivity contribution in [1.29, 1.82) is 0 Å². The standard InChI is InChI=1S/C14H18N4O4S2/c1-18(10-4-6-24(20,21)9-10)8-13(19)15-7-12-16-14(22-17-12)11-3-2-5-23-11/h2-3,5,10H,4,6-9H2,1H3,(H,15,19). The molecule has 0 saturated carbocycles. The number of rotatable bonds is 6. The maximum absolute atomic E-state index is 12.0. The van der Waals surface area contributed by atoms with Crippen LogP contribution in [0.1, 0.15) is 12.2 Å². The minimum absolute atomic E-state index is 0.101. The SMILES string of the molecule is CN(CC(=O)NCc1noc(-c2cccs2)n1)C1CCS(=O)(=O)C1. The maximum atomic E-state index is 12.0. The van der Waals surface area contributed by atoms with Crippen molar-refractivity contribution in [2.75, 3.05) is 25.1 Å². The molecule has 2 aromatic rings. The molecule has 1 saturated heterocycles. The van der Waals surface area contributed by atoms with Crippen LogP contribution >= 0.6 is 11.3 Å². The van der Waals surface area contributed by atoms with Gasteiger partial charge in [-0.2, -0.15) is 4.98 Å². The molecule has 0 radical (unpaired) electrons. The van der Waals surface area contributed by atoms with Gasteiger partial charge in [0.15, 0.2) is 15.7 Å². The molecule has 1 amide bonds. The second kappa shape index (κ2) is 6.99. The van der Waals surface area contributed by atoms with Crippen molar-refractivity contribution in [2.45, 2.75) is 19.0 Å². The summed E-state index contributed by atoms with van der Waals surface area (Å²) in [5, 5.41) is 8.47. The first-order valence-electron chi connectivity index (χ1n) is 7.47. The Balaban J connectivity index is 1.47. The maximum Gasteiger partial charge on any atom is 0.268 e. The van der Waals surface area contributed by atoms with E-state index in [9.17, 15) is 13.2 Å². The zero-order valence-corrected chi connectivity index (χ0v) is 14.8. The molecular weight excluding hydrogens is 352 g/mol. The smallest absolute Gasteiger partial charge is 0.268 e. The number of hydrogen-bond acceptors (Lipinski definition) is 8. The van der Waals surface area contributed by atoms with Crippen molar-refractivity contribution >= 4 is 27.1 Å². The fraction of sp³-hybridized carbons (Fsp3) is 0.500. The summed E-state index contributed by atoms with van der Waals surface area (Å²) in [5.41, 5.74) is 0. The highest BCUT2D eigenvalue weighted by Gasteiger charge is 2.31. The predicted octanol–water partition coefficient (Wildman–Crippen LogP) is 0.533. The molecule has 0 bridgehead atoms. The Kier molecular flexibility index (Phi) is 4.97. The fourth-order valence-electron chi connectivity index (χ4n) is 2.54. The van der Waals surface area contributed by atoms with E-state index in [1.54, 1.807) is 11.9 Å². The summed E-state index contributed by atoms with van der Waals surface area (Å²) < 4.78 is 28.1. The Labute approximate surface area is 143 Å². The van der Waals surface area contributed by atoms with Crippen LogP contribution in [0.25, 0.3) is 10.8 Å². The summed E-state index contributed by atoms with van der Waals surface area (Å²) in [7, 11) is -1.20. The number of thiophene rings is 1. The molecule has 1 fully saturated rings. The molecule has 0 aromatic carbocycles. The number of aromatic nitrogens is 2.